The fourth-order valence-corrected chi connectivity index (χ4v) is 3.76. The zero-order valence-electron chi connectivity index (χ0n) is 14.0. The van der Waals surface area contributed by atoms with Crippen molar-refractivity contribution in [3.05, 3.63) is 52.5 Å². The summed E-state index contributed by atoms with van der Waals surface area (Å²) in [5, 5.41) is 5.12. The van der Waals surface area contributed by atoms with Gasteiger partial charge in [0.1, 0.15) is 10.9 Å². The minimum atomic E-state index is -4.02. The van der Waals surface area contributed by atoms with E-state index in [-0.39, 0.29) is 15.6 Å². The molecular formula is C16H16Cl2N4O4S. The monoisotopic (exact) mass is 430 g/mol. The highest BCUT2D eigenvalue weighted by Gasteiger charge is 2.20. The molecule has 0 aliphatic heterocycles. The van der Waals surface area contributed by atoms with Crippen molar-refractivity contribution < 1.29 is 18.0 Å². The Morgan fingerprint density at radius 3 is 2.22 bits per heavy atom. The van der Waals surface area contributed by atoms with Gasteiger partial charge >= 0.3 is 6.03 Å². The maximum Gasteiger partial charge on any atom is 0.312 e. The molecule has 1 atom stereocenters. The van der Waals surface area contributed by atoms with Crippen molar-refractivity contribution >= 4 is 56.5 Å². The number of halogens is 2. The third kappa shape index (κ3) is 5.75. The summed E-state index contributed by atoms with van der Waals surface area (Å²) >= 11 is 11.8. The summed E-state index contributed by atoms with van der Waals surface area (Å²) < 4.78 is 27.6. The van der Waals surface area contributed by atoms with Gasteiger partial charge in [0.05, 0.1) is 5.02 Å². The largest absolute Gasteiger partial charge is 0.352 e. The van der Waals surface area contributed by atoms with Gasteiger partial charge < -0.3 is 16.4 Å². The van der Waals surface area contributed by atoms with E-state index in [1.807, 2.05) is 0 Å². The summed E-state index contributed by atoms with van der Waals surface area (Å²) in [5.41, 5.74) is 5.44. The molecule has 0 fully saturated rings. The van der Waals surface area contributed by atoms with Crippen LogP contribution in [0.4, 0.5) is 16.2 Å². The predicted octanol–water partition coefficient (Wildman–Crippen LogP) is 2.79. The van der Waals surface area contributed by atoms with Crippen LogP contribution in [0.1, 0.15) is 6.92 Å². The van der Waals surface area contributed by atoms with Crippen LogP contribution in [-0.4, -0.2) is 26.4 Å². The van der Waals surface area contributed by atoms with Gasteiger partial charge in [0.2, 0.25) is 5.91 Å². The molecule has 8 nitrogen and oxygen atoms in total. The number of amides is 3. The van der Waals surface area contributed by atoms with E-state index >= 15 is 0 Å². The highest BCUT2D eigenvalue weighted by Crippen LogP contribution is 2.27. The zero-order valence-corrected chi connectivity index (χ0v) is 16.3. The minimum absolute atomic E-state index is 0.0298. The summed E-state index contributed by atoms with van der Waals surface area (Å²) in [5.74, 6) is -0.579. The number of nitrogens with two attached hydrogens (primary N) is 1. The van der Waals surface area contributed by atoms with Crippen LogP contribution in [0.15, 0.2) is 47.4 Å². The van der Waals surface area contributed by atoms with Crippen molar-refractivity contribution in [2.24, 2.45) is 5.73 Å². The standard InChI is InChI=1S/C16H16Cl2N4O4S/c1-9(20-16(19)24)15(23)21-12-6-7-13(18)14(8-12)27(25,26)22-11-4-2-10(17)3-5-11/h2-9,22H,1H3,(H,21,23)(H3,19,20,24). The normalized spacial score (nSPS) is 12.1. The van der Waals surface area contributed by atoms with E-state index in [9.17, 15) is 18.0 Å². The van der Waals surface area contributed by atoms with Crippen molar-refractivity contribution in [2.75, 3.05) is 10.0 Å². The molecule has 0 saturated heterocycles. The average molecular weight is 431 g/mol. The highest BCUT2D eigenvalue weighted by molar-refractivity contribution is 7.92. The molecule has 0 aliphatic carbocycles. The highest BCUT2D eigenvalue weighted by atomic mass is 35.5. The van der Waals surface area contributed by atoms with Gasteiger partial charge in [-0.3, -0.25) is 9.52 Å². The number of hydrogen-bond acceptors (Lipinski definition) is 4. The molecule has 0 heterocycles. The molecule has 0 bridgehead atoms. The van der Waals surface area contributed by atoms with Gasteiger partial charge in [-0.15, -0.1) is 0 Å². The van der Waals surface area contributed by atoms with Crippen LogP contribution in [0.25, 0.3) is 0 Å². The molecule has 2 rings (SSSR count). The lowest BCUT2D eigenvalue weighted by Gasteiger charge is -2.14. The molecule has 11 heteroatoms. The van der Waals surface area contributed by atoms with Gasteiger partial charge in [-0.25, -0.2) is 13.2 Å². The topological polar surface area (TPSA) is 130 Å². The van der Waals surface area contributed by atoms with E-state index in [1.54, 1.807) is 0 Å². The quantitative estimate of drug-likeness (QED) is 0.560. The Labute approximate surface area is 166 Å². The molecule has 0 aliphatic rings. The Balaban J connectivity index is 2.24. The average Bonchev–Trinajstić information content (AvgIpc) is 2.57. The molecule has 27 heavy (non-hydrogen) atoms. The van der Waals surface area contributed by atoms with Gasteiger partial charge in [-0.1, -0.05) is 23.2 Å². The molecular weight excluding hydrogens is 415 g/mol. The second-order valence-corrected chi connectivity index (χ2v) is 7.97. The molecule has 2 aromatic carbocycles. The third-order valence-electron chi connectivity index (χ3n) is 3.34. The van der Waals surface area contributed by atoms with Crippen LogP contribution < -0.4 is 21.1 Å². The first-order valence-corrected chi connectivity index (χ1v) is 9.77. The Bertz CT molecular complexity index is 965. The van der Waals surface area contributed by atoms with E-state index in [4.69, 9.17) is 28.9 Å². The first kappa shape index (κ1) is 20.8. The van der Waals surface area contributed by atoms with Crippen molar-refractivity contribution in [2.45, 2.75) is 17.9 Å². The molecule has 2 aromatic rings. The first-order chi connectivity index (χ1) is 12.6. The predicted molar refractivity (Wildman–Crippen MR) is 105 cm³/mol. The lowest BCUT2D eigenvalue weighted by Crippen LogP contribution is -2.44. The number of benzene rings is 2. The van der Waals surface area contributed by atoms with Crippen molar-refractivity contribution in [1.82, 2.24) is 5.32 Å². The second kappa shape index (κ2) is 8.47. The summed E-state index contributed by atoms with van der Waals surface area (Å²) in [4.78, 5) is 22.6. The summed E-state index contributed by atoms with van der Waals surface area (Å²) in [7, 11) is -4.02. The maximum absolute atomic E-state index is 12.6. The zero-order chi connectivity index (χ0) is 20.2. The number of carbonyl (C=O) groups is 2. The van der Waals surface area contributed by atoms with Gasteiger partial charge in [-0.05, 0) is 49.4 Å². The SMILES string of the molecule is CC(NC(N)=O)C(=O)Nc1ccc(Cl)c(S(=O)(=O)Nc2ccc(Cl)cc2)c1. The fourth-order valence-electron chi connectivity index (χ4n) is 2.04. The van der Waals surface area contributed by atoms with Gasteiger partial charge in [0, 0.05) is 16.4 Å². The molecule has 0 radical (unpaired) electrons. The molecule has 3 amide bonds. The maximum atomic E-state index is 12.6. The Hall–Kier alpha value is -2.49. The molecule has 5 N–H and O–H groups in total. The van der Waals surface area contributed by atoms with Crippen molar-refractivity contribution in [3.63, 3.8) is 0 Å². The van der Waals surface area contributed by atoms with Crippen LogP contribution in [0, 0.1) is 0 Å². The lowest BCUT2D eigenvalue weighted by molar-refractivity contribution is -0.117. The van der Waals surface area contributed by atoms with Crippen LogP contribution in [0.3, 0.4) is 0 Å². The third-order valence-corrected chi connectivity index (χ3v) is 5.45. The number of hydrogen-bond donors (Lipinski definition) is 4. The Morgan fingerprint density at radius 2 is 1.63 bits per heavy atom. The lowest BCUT2D eigenvalue weighted by atomic mass is 10.2. The Morgan fingerprint density at radius 1 is 1.04 bits per heavy atom. The molecule has 1 unspecified atom stereocenters. The van der Waals surface area contributed by atoms with E-state index in [1.165, 1.54) is 49.4 Å². The second-order valence-electron chi connectivity index (χ2n) is 5.48. The smallest absolute Gasteiger partial charge is 0.312 e. The van der Waals surface area contributed by atoms with E-state index in [2.05, 4.69) is 15.4 Å². The van der Waals surface area contributed by atoms with Gasteiger partial charge in [-0.2, -0.15) is 0 Å². The van der Waals surface area contributed by atoms with Gasteiger partial charge in [0.25, 0.3) is 10.0 Å². The van der Waals surface area contributed by atoms with E-state index in [0.29, 0.717) is 10.7 Å². The number of anilines is 2. The van der Waals surface area contributed by atoms with Crippen LogP contribution in [-0.2, 0) is 14.8 Å². The summed E-state index contributed by atoms with van der Waals surface area (Å²) in [6.07, 6.45) is 0. The number of carbonyl (C=O) groups excluding carboxylic acids is 2. The van der Waals surface area contributed by atoms with Crippen molar-refractivity contribution in [1.29, 1.82) is 0 Å². The Kier molecular flexibility index (Phi) is 6.53. The minimum Gasteiger partial charge on any atom is -0.352 e. The van der Waals surface area contributed by atoms with Crippen LogP contribution >= 0.6 is 23.2 Å². The van der Waals surface area contributed by atoms with Crippen LogP contribution in [0.5, 0.6) is 0 Å². The molecule has 0 aromatic heterocycles. The summed E-state index contributed by atoms with van der Waals surface area (Å²) in [6.45, 7) is 1.43. The van der Waals surface area contributed by atoms with E-state index < -0.39 is 28.0 Å². The van der Waals surface area contributed by atoms with Crippen molar-refractivity contribution in [3.8, 4) is 0 Å². The fraction of sp³-hybridized carbons (Fsp3) is 0.125. The number of primary amides is 1. The number of rotatable bonds is 6. The number of sulfonamides is 1. The number of urea groups is 1. The first-order valence-electron chi connectivity index (χ1n) is 7.53. The number of nitrogens with one attached hydrogen (secondary N) is 3. The van der Waals surface area contributed by atoms with Gasteiger partial charge in [0.15, 0.2) is 0 Å². The van der Waals surface area contributed by atoms with Crippen LogP contribution in [0.2, 0.25) is 10.0 Å². The summed E-state index contributed by atoms with van der Waals surface area (Å²) in [6, 6.07) is 8.26. The molecule has 0 saturated carbocycles. The molecule has 0 spiro atoms. The molecule has 144 valence electrons. The van der Waals surface area contributed by atoms with E-state index in [0.717, 1.165) is 0 Å².